The number of carbonyl (C=O) groups excluding carboxylic acids is 1. The lowest BCUT2D eigenvalue weighted by Crippen LogP contribution is -2.22. The first-order chi connectivity index (χ1) is 6.06. The normalized spacial score (nSPS) is 13.3. The molecule has 0 saturated heterocycles. The third-order valence-electron chi connectivity index (χ3n) is 1.42. The van der Waals surface area contributed by atoms with Gasteiger partial charge in [-0.15, -0.1) is 0 Å². The van der Waals surface area contributed by atoms with Gasteiger partial charge >= 0.3 is 0 Å². The molecule has 0 aromatic rings. The highest BCUT2D eigenvalue weighted by Crippen LogP contribution is 2.00. The lowest BCUT2D eigenvalue weighted by Gasteiger charge is -2.08. The molecular formula is C9H18O4. The molecule has 0 bridgehead atoms. The summed E-state index contributed by atoms with van der Waals surface area (Å²) in [5.41, 5.74) is 0. The van der Waals surface area contributed by atoms with Gasteiger partial charge in [0, 0.05) is 6.42 Å². The van der Waals surface area contributed by atoms with Crippen molar-refractivity contribution < 1.29 is 19.7 Å². The first-order valence-corrected chi connectivity index (χ1v) is 4.44. The van der Waals surface area contributed by atoms with E-state index in [1.165, 1.54) is 0 Å². The molecule has 0 aliphatic carbocycles. The maximum absolute atomic E-state index is 11.1. The van der Waals surface area contributed by atoms with Gasteiger partial charge in [0.05, 0.1) is 13.2 Å². The van der Waals surface area contributed by atoms with E-state index in [0.29, 0.717) is 12.3 Å². The second kappa shape index (κ2) is 7.00. The van der Waals surface area contributed by atoms with Crippen LogP contribution in [0.1, 0.15) is 20.3 Å². The van der Waals surface area contributed by atoms with Crippen LogP contribution in [0.3, 0.4) is 0 Å². The van der Waals surface area contributed by atoms with Crippen LogP contribution in [-0.4, -0.2) is 41.9 Å². The highest BCUT2D eigenvalue weighted by Gasteiger charge is 2.07. The topological polar surface area (TPSA) is 66.8 Å². The Balaban J connectivity index is 3.37. The van der Waals surface area contributed by atoms with Gasteiger partial charge in [0.15, 0.2) is 5.78 Å². The van der Waals surface area contributed by atoms with Gasteiger partial charge in [-0.2, -0.15) is 0 Å². The SMILES string of the molecule is CC(C)CC(=O)COCC(O)CO. The molecule has 13 heavy (non-hydrogen) atoms. The van der Waals surface area contributed by atoms with Crippen molar-refractivity contribution in [2.24, 2.45) is 5.92 Å². The molecule has 0 aromatic heterocycles. The van der Waals surface area contributed by atoms with Crippen molar-refractivity contribution in [3.63, 3.8) is 0 Å². The molecule has 4 heteroatoms. The molecule has 1 unspecified atom stereocenters. The number of hydrogen-bond acceptors (Lipinski definition) is 4. The Bertz CT molecular complexity index is 145. The minimum atomic E-state index is -0.883. The van der Waals surface area contributed by atoms with Gasteiger partial charge < -0.3 is 14.9 Å². The van der Waals surface area contributed by atoms with Crippen LogP contribution in [0.15, 0.2) is 0 Å². The zero-order chi connectivity index (χ0) is 10.3. The van der Waals surface area contributed by atoms with E-state index < -0.39 is 6.10 Å². The Morgan fingerprint density at radius 1 is 1.46 bits per heavy atom. The predicted octanol–water partition coefficient (Wildman–Crippen LogP) is -0.0286. The summed E-state index contributed by atoms with van der Waals surface area (Å²) >= 11 is 0. The number of ether oxygens (including phenoxy) is 1. The summed E-state index contributed by atoms with van der Waals surface area (Å²) < 4.78 is 4.89. The summed E-state index contributed by atoms with van der Waals surface area (Å²) in [6.45, 7) is 3.62. The molecule has 0 aliphatic rings. The third kappa shape index (κ3) is 7.90. The van der Waals surface area contributed by atoms with E-state index in [4.69, 9.17) is 14.9 Å². The second-order valence-corrected chi connectivity index (χ2v) is 3.49. The largest absolute Gasteiger partial charge is 0.394 e. The predicted molar refractivity (Wildman–Crippen MR) is 48.4 cm³/mol. The Kier molecular flexibility index (Phi) is 6.76. The van der Waals surface area contributed by atoms with Crippen LogP contribution in [-0.2, 0) is 9.53 Å². The molecule has 0 rings (SSSR count). The molecular weight excluding hydrogens is 172 g/mol. The summed E-state index contributed by atoms with van der Waals surface area (Å²) in [4.78, 5) is 11.1. The number of carbonyl (C=O) groups is 1. The quantitative estimate of drug-likeness (QED) is 0.591. The Labute approximate surface area is 78.5 Å². The van der Waals surface area contributed by atoms with Crippen molar-refractivity contribution in [3.8, 4) is 0 Å². The van der Waals surface area contributed by atoms with Gasteiger partial charge in [-0.25, -0.2) is 0 Å². The Morgan fingerprint density at radius 2 is 2.08 bits per heavy atom. The molecule has 0 heterocycles. The molecule has 0 aliphatic heterocycles. The number of rotatable bonds is 7. The smallest absolute Gasteiger partial charge is 0.158 e. The molecule has 4 nitrogen and oxygen atoms in total. The minimum absolute atomic E-state index is 0.0142. The number of Topliss-reactive ketones (excluding diaryl/α,β-unsaturated/α-hetero) is 1. The van der Waals surface area contributed by atoms with Crippen molar-refractivity contribution in [2.45, 2.75) is 26.4 Å². The van der Waals surface area contributed by atoms with E-state index in [9.17, 15) is 4.79 Å². The molecule has 0 fully saturated rings. The first-order valence-electron chi connectivity index (χ1n) is 4.44. The van der Waals surface area contributed by atoms with Crippen LogP contribution in [0.2, 0.25) is 0 Å². The molecule has 0 amide bonds. The average Bonchev–Trinajstić information content (AvgIpc) is 2.02. The fraction of sp³-hybridized carbons (Fsp3) is 0.889. The molecule has 2 N–H and O–H groups in total. The van der Waals surface area contributed by atoms with Crippen LogP contribution in [0.25, 0.3) is 0 Å². The van der Waals surface area contributed by atoms with Gasteiger partial charge in [-0.05, 0) is 5.92 Å². The van der Waals surface area contributed by atoms with Crippen LogP contribution in [0.4, 0.5) is 0 Å². The molecule has 1 atom stereocenters. The van der Waals surface area contributed by atoms with Crippen LogP contribution >= 0.6 is 0 Å². The monoisotopic (exact) mass is 190 g/mol. The summed E-state index contributed by atoms with van der Waals surface area (Å²) in [5.74, 6) is 0.360. The van der Waals surface area contributed by atoms with Gasteiger partial charge in [0.2, 0.25) is 0 Å². The van der Waals surface area contributed by atoms with Crippen LogP contribution in [0, 0.1) is 5.92 Å². The lowest BCUT2D eigenvalue weighted by molar-refractivity contribution is -0.125. The summed E-state index contributed by atoms with van der Waals surface area (Å²) in [7, 11) is 0. The van der Waals surface area contributed by atoms with E-state index in [1.54, 1.807) is 0 Å². The van der Waals surface area contributed by atoms with Crippen molar-refractivity contribution in [1.29, 1.82) is 0 Å². The van der Waals surface area contributed by atoms with Gasteiger partial charge in [0.25, 0.3) is 0 Å². The lowest BCUT2D eigenvalue weighted by atomic mass is 10.1. The van der Waals surface area contributed by atoms with Crippen molar-refractivity contribution in [3.05, 3.63) is 0 Å². The molecule has 78 valence electrons. The first kappa shape index (κ1) is 12.6. The maximum atomic E-state index is 11.1. The van der Waals surface area contributed by atoms with Crippen LogP contribution in [0.5, 0.6) is 0 Å². The van der Waals surface area contributed by atoms with Crippen LogP contribution < -0.4 is 0 Å². The Hall–Kier alpha value is -0.450. The standard InChI is InChI=1S/C9H18O4/c1-7(2)3-8(11)5-13-6-9(12)4-10/h7,9-10,12H,3-6H2,1-2H3. The highest BCUT2D eigenvalue weighted by atomic mass is 16.5. The number of hydrogen-bond donors (Lipinski definition) is 2. The van der Waals surface area contributed by atoms with Gasteiger partial charge in [0.1, 0.15) is 12.7 Å². The van der Waals surface area contributed by atoms with Gasteiger partial charge in [-0.3, -0.25) is 4.79 Å². The second-order valence-electron chi connectivity index (χ2n) is 3.49. The number of aliphatic hydroxyl groups is 2. The number of ketones is 1. The van der Waals surface area contributed by atoms with Gasteiger partial charge in [-0.1, -0.05) is 13.8 Å². The van der Waals surface area contributed by atoms with Crippen molar-refractivity contribution in [2.75, 3.05) is 19.8 Å². The average molecular weight is 190 g/mol. The fourth-order valence-corrected chi connectivity index (χ4v) is 0.876. The summed E-state index contributed by atoms with van der Waals surface area (Å²) in [5, 5.41) is 17.3. The van der Waals surface area contributed by atoms with E-state index in [2.05, 4.69) is 0 Å². The fourth-order valence-electron chi connectivity index (χ4n) is 0.876. The minimum Gasteiger partial charge on any atom is -0.394 e. The van der Waals surface area contributed by atoms with E-state index >= 15 is 0 Å². The highest BCUT2D eigenvalue weighted by molar-refractivity contribution is 5.79. The molecule has 0 spiro atoms. The number of aliphatic hydroxyl groups excluding tert-OH is 2. The van der Waals surface area contributed by atoms with E-state index in [0.717, 1.165) is 0 Å². The summed E-state index contributed by atoms with van der Waals surface area (Å²) in [6.07, 6.45) is -0.387. The zero-order valence-electron chi connectivity index (χ0n) is 8.19. The Morgan fingerprint density at radius 3 is 2.54 bits per heavy atom. The molecule has 0 saturated carbocycles. The van der Waals surface area contributed by atoms with Crippen molar-refractivity contribution >= 4 is 5.78 Å². The van der Waals surface area contributed by atoms with E-state index in [1.807, 2.05) is 13.8 Å². The molecule has 0 aromatic carbocycles. The maximum Gasteiger partial charge on any atom is 0.158 e. The molecule has 0 radical (unpaired) electrons. The third-order valence-corrected chi connectivity index (χ3v) is 1.42. The zero-order valence-corrected chi connectivity index (χ0v) is 8.19. The van der Waals surface area contributed by atoms with E-state index in [-0.39, 0.29) is 25.6 Å². The summed E-state index contributed by atoms with van der Waals surface area (Å²) in [6, 6.07) is 0. The van der Waals surface area contributed by atoms with Crippen molar-refractivity contribution in [1.82, 2.24) is 0 Å².